The molecule has 94 valence electrons. The third-order valence-corrected chi connectivity index (χ3v) is 3.08. The number of furan rings is 1. The predicted octanol–water partition coefficient (Wildman–Crippen LogP) is 4.01. The van der Waals surface area contributed by atoms with E-state index in [1.54, 1.807) is 12.1 Å². The average Bonchev–Trinajstić information content (AvgIpc) is 2.79. The van der Waals surface area contributed by atoms with Crippen LogP contribution in [-0.2, 0) is 6.54 Å². The van der Waals surface area contributed by atoms with Gasteiger partial charge in [-0.25, -0.2) is 4.79 Å². The van der Waals surface area contributed by atoms with Crippen LogP contribution in [0.5, 0.6) is 0 Å². The molecule has 6 heteroatoms. The van der Waals surface area contributed by atoms with Crippen molar-refractivity contribution in [3.63, 3.8) is 0 Å². The molecule has 0 amide bonds. The Labute approximate surface area is 117 Å². The second-order valence-electron chi connectivity index (χ2n) is 3.55. The van der Waals surface area contributed by atoms with Crippen LogP contribution in [0.2, 0.25) is 5.02 Å². The van der Waals surface area contributed by atoms with Gasteiger partial charge in [0.2, 0.25) is 5.76 Å². The standard InChI is InChI=1S/C12H9BrClNO3/c13-7-1-3-9(14)10(5-7)15-6-8-2-4-11(18-8)12(16)17/h1-5,15H,6H2,(H,16,17). The molecule has 2 rings (SSSR count). The Morgan fingerprint density at radius 3 is 2.83 bits per heavy atom. The molecule has 0 saturated carbocycles. The Bertz CT molecular complexity index is 582. The van der Waals surface area contributed by atoms with Crippen molar-refractivity contribution in [2.75, 3.05) is 5.32 Å². The fraction of sp³-hybridized carbons (Fsp3) is 0.0833. The number of hydrogen-bond acceptors (Lipinski definition) is 3. The molecule has 0 aliphatic carbocycles. The van der Waals surface area contributed by atoms with Gasteiger partial charge in [-0.15, -0.1) is 0 Å². The van der Waals surface area contributed by atoms with E-state index in [4.69, 9.17) is 21.1 Å². The first-order valence-electron chi connectivity index (χ1n) is 5.07. The molecule has 2 aromatic rings. The lowest BCUT2D eigenvalue weighted by Crippen LogP contribution is -1.99. The maximum atomic E-state index is 10.6. The SMILES string of the molecule is O=C(O)c1ccc(CNc2cc(Br)ccc2Cl)o1. The molecular weight excluding hydrogens is 321 g/mol. The summed E-state index contributed by atoms with van der Waals surface area (Å²) in [7, 11) is 0. The molecule has 0 aliphatic heterocycles. The van der Waals surface area contributed by atoms with E-state index in [1.165, 1.54) is 6.07 Å². The number of nitrogens with one attached hydrogen (secondary N) is 1. The third-order valence-electron chi connectivity index (χ3n) is 2.25. The van der Waals surface area contributed by atoms with E-state index < -0.39 is 5.97 Å². The van der Waals surface area contributed by atoms with Crippen molar-refractivity contribution in [2.45, 2.75) is 6.54 Å². The van der Waals surface area contributed by atoms with Gasteiger partial charge in [-0.3, -0.25) is 0 Å². The third kappa shape index (κ3) is 3.05. The van der Waals surface area contributed by atoms with Crippen LogP contribution in [0.4, 0.5) is 5.69 Å². The molecule has 0 atom stereocenters. The lowest BCUT2D eigenvalue weighted by atomic mass is 10.3. The number of benzene rings is 1. The number of halogens is 2. The van der Waals surface area contributed by atoms with Crippen LogP contribution >= 0.6 is 27.5 Å². The van der Waals surface area contributed by atoms with Crippen molar-refractivity contribution in [3.8, 4) is 0 Å². The van der Waals surface area contributed by atoms with Crippen molar-refractivity contribution in [2.24, 2.45) is 0 Å². The molecule has 1 aromatic carbocycles. The Balaban J connectivity index is 2.06. The number of carboxylic acids is 1. The number of carbonyl (C=O) groups is 1. The molecule has 0 aliphatic rings. The van der Waals surface area contributed by atoms with Crippen molar-refractivity contribution in [1.29, 1.82) is 0 Å². The van der Waals surface area contributed by atoms with E-state index in [1.807, 2.05) is 12.1 Å². The summed E-state index contributed by atoms with van der Waals surface area (Å²) >= 11 is 9.36. The molecule has 0 unspecified atom stereocenters. The Morgan fingerprint density at radius 2 is 2.17 bits per heavy atom. The highest BCUT2D eigenvalue weighted by Crippen LogP contribution is 2.26. The second-order valence-corrected chi connectivity index (χ2v) is 4.87. The van der Waals surface area contributed by atoms with Crippen molar-refractivity contribution >= 4 is 39.2 Å². The number of aromatic carboxylic acids is 1. The summed E-state index contributed by atoms with van der Waals surface area (Å²) in [5.41, 5.74) is 0.749. The van der Waals surface area contributed by atoms with Crippen molar-refractivity contribution < 1.29 is 14.3 Å². The molecule has 4 nitrogen and oxygen atoms in total. The van der Waals surface area contributed by atoms with E-state index >= 15 is 0 Å². The van der Waals surface area contributed by atoms with Gasteiger partial charge in [0, 0.05) is 4.47 Å². The average molecular weight is 331 g/mol. The van der Waals surface area contributed by atoms with Gasteiger partial charge in [0.1, 0.15) is 5.76 Å². The predicted molar refractivity (Wildman–Crippen MR) is 72.1 cm³/mol. The quantitative estimate of drug-likeness (QED) is 0.889. The first kappa shape index (κ1) is 13.0. The molecule has 0 bridgehead atoms. The monoisotopic (exact) mass is 329 g/mol. The zero-order chi connectivity index (χ0) is 13.1. The lowest BCUT2D eigenvalue weighted by molar-refractivity contribution is 0.0660. The molecular formula is C12H9BrClNO3. The largest absolute Gasteiger partial charge is 0.475 e. The zero-order valence-electron chi connectivity index (χ0n) is 9.11. The Morgan fingerprint density at radius 1 is 1.39 bits per heavy atom. The zero-order valence-corrected chi connectivity index (χ0v) is 11.5. The normalized spacial score (nSPS) is 10.3. The van der Waals surface area contributed by atoms with Gasteiger partial charge in [0.15, 0.2) is 0 Å². The molecule has 0 spiro atoms. The molecule has 2 N–H and O–H groups in total. The van der Waals surface area contributed by atoms with Gasteiger partial charge in [-0.1, -0.05) is 27.5 Å². The van der Waals surface area contributed by atoms with Gasteiger partial charge in [-0.05, 0) is 30.3 Å². The summed E-state index contributed by atoms with van der Waals surface area (Å²) in [6.45, 7) is 0.365. The molecule has 1 aromatic heterocycles. The molecule has 0 radical (unpaired) electrons. The van der Waals surface area contributed by atoms with Gasteiger partial charge < -0.3 is 14.8 Å². The Hall–Kier alpha value is -1.46. The molecule has 1 heterocycles. The second kappa shape index (κ2) is 5.46. The smallest absolute Gasteiger partial charge is 0.371 e. The van der Waals surface area contributed by atoms with Crippen LogP contribution in [0, 0.1) is 0 Å². The highest BCUT2D eigenvalue weighted by atomic mass is 79.9. The van der Waals surface area contributed by atoms with Gasteiger partial charge in [0.25, 0.3) is 0 Å². The molecule has 18 heavy (non-hydrogen) atoms. The van der Waals surface area contributed by atoms with Crippen LogP contribution in [-0.4, -0.2) is 11.1 Å². The van der Waals surface area contributed by atoms with Crippen molar-refractivity contribution in [1.82, 2.24) is 0 Å². The van der Waals surface area contributed by atoms with E-state index in [0.29, 0.717) is 17.3 Å². The summed E-state index contributed by atoms with van der Waals surface area (Å²) in [6, 6.07) is 8.47. The summed E-state index contributed by atoms with van der Waals surface area (Å²) < 4.78 is 6.02. The van der Waals surface area contributed by atoms with E-state index in [2.05, 4.69) is 21.2 Å². The fourth-order valence-corrected chi connectivity index (χ4v) is 1.95. The van der Waals surface area contributed by atoms with E-state index in [9.17, 15) is 4.79 Å². The summed E-state index contributed by atoms with van der Waals surface area (Å²) in [5, 5.41) is 12.4. The molecule has 0 saturated heterocycles. The first-order chi connectivity index (χ1) is 8.56. The number of rotatable bonds is 4. The minimum atomic E-state index is -1.08. The van der Waals surface area contributed by atoms with Gasteiger partial charge in [0.05, 0.1) is 17.3 Å². The highest BCUT2D eigenvalue weighted by Gasteiger charge is 2.09. The Kier molecular flexibility index (Phi) is 3.93. The first-order valence-corrected chi connectivity index (χ1v) is 6.24. The van der Waals surface area contributed by atoms with Gasteiger partial charge >= 0.3 is 5.97 Å². The van der Waals surface area contributed by atoms with Crippen LogP contribution in [0.3, 0.4) is 0 Å². The fourth-order valence-electron chi connectivity index (χ4n) is 1.40. The summed E-state index contributed by atoms with van der Waals surface area (Å²) in [5.74, 6) is -0.627. The van der Waals surface area contributed by atoms with E-state index in [0.717, 1.165) is 10.2 Å². The van der Waals surface area contributed by atoms with Crippen LogP contribution in [0.1, 0.15) is 16.3 Å². The number of hydrogen-bond donors (Lipinski definition) is 2. The van der Waals surface area contributed by atoms with Crippen LogP contribution in [0.25, 0.3) is 0 Å². The lowest BCUT2D eigenvalue weighted by Gasteiger charge is -2.07. The number of anilines is 1. The topological polar surface area (TPSA) is 62.5 Å². The minimum Gasteiger partial charge on any atom is -0.475 e. The van der Waals surface area contributed by atoms with Gasteiger partial charge in [-0.2, -0.15) is 0 Å². The summed E-state index contributed by atoms with van der Waals surface area (Å²) in [6.07, 6.45) is 0. The maximum absolute atomic E-state index is 10.6. The molecule has 0 fully saturated rings. The van der Waals surface area contributed by atoms with E-state index in [-0.39, 0.29) is 5.76 Å². The van der Waals surface area contributed by atoms with Crippen LogP contribution < -0.4 is 5.32 Å². The van der Waals surface area contributed by atoms with Crippen molar-refractivity contribution in [3.05, 3.63) is 51.3 Å². The minimum absolute atomic E-state index is 0.0767. The highest BCUT2D eigenvalue weighted by molar-refractivity contribution is 9.10. The number of carboxylic acid groups (broad SMARTS) is 1. The summed E-state index contributed by atoms with van der Waals surface area (Å²) in [4.78, 5) is 10.6. The maximum Gasteiger partial charge on any atom is 0.371 e. The van der Waals surface area contributed by atoms with Crippen LogP contribution in [0.15, 0.2) is 39.2 Å².